The number of carbonyl (C=O) groups excluding carboxylic acids is 1. The van der Waals surface area contributed by atoms with Crippen molar-refractivity contribution in [3.05, 3.63) is 29.8 Å². The number of phenolic OH excluding ortho intramolecular Hbond substituents is 1. The molecule has 0 saturated heterocycles. The van der Waals surface area contributed by atoms with Crippen molar-refractivity contribution >= 4 is 11.9 Å². The molecule has 104 valence electrons. The van der Waals surface area contributed by atoms with Crippen molar-refractivity contribution in [3.63, 3.8) is 0 Å². The maximum Gasteiger partial charge on any atom is 0.360 e. The van der Waals surface area contributed by atoms with Crippen LogP contribution in [0.1, 0.15) is 17.3 Å². The second kappa shape index (κ2) is 6.72. The number of aliphatic hydroxyl groups is 1. The Morgan fingerprint density at radius 3 is 2.47 bits per heavy atom. The molecule has 3 N–H and O–H groups in total. The maximum absolute atomic E-state index is 11.8. The number of hydrogen-bond donors (Lipinski definition) is 3. The molecule has 1 aromatic rings. The minimum absolute atomic E-state index is 0.0802. The molecule has 0 aliphatic carbocycles. The van der Waals surface area contributed by atoms with Gasteiger partial charge in [-0.3, -0.25) is 4.79 Å². The summed E-state index contributed by atoms with van der Waals surface area (Å²) in [6.45, 7) is 0.956. The Balaban J connectivity index is 2.84. The van der Waals surface area contributed by atoms with Gasteiger partial charge in [0.1, 0.15) is 11.3 Å². The van der Waals surface area contributed by atoms with Gasteiger partial charge in [0.05, 0.1) is 6.61 Å². The minimum atomic E-state index is -1.35. The van der Waals surface area contributed by atoms with Gasteiger partial charge in [-0.1, -0.05) is 12.1 Å². The van der Waals surface area contributed by atoms with Gasteiger partial charge in [0.15, 0.2) is 6.04 Å². The van der Waals surface area contributed by atoms with Crippen LogP contribution >= 0.6 is 0 Å². The lowest BCUT2D eigenvalue weighted by Gasteiger charge is -2.24. The van der Waals surface area contributed by atoms with Gasteiger partial charge >= 0.3 is 11.9 Å². The first-order chi connectivity index (χ1) is 9.01. The molecular weight excluding hydrogens is 254 g/mol. The highest BCUT2D eigenvalue weighted by Gasteiger charge is 2.28. The monoisotopic (exact) mass is 269 g/mol. The first-order valence-electron chi connectivity index (χ1n) is 5.61. The van der Waals surface area contributed by atoms with Crippen LogP contribution in [0.5, 0.6) is 5.75 Å². The molecule has 1 aromatic carbocycles. The van der Waals surface area contributed by atoms with Gasteiger partial charge in [0, 0.05) is 6.54 Å². The molecule has 0 unspecified atom stereocenters. The number of hydrogen-bond acceptors (Lipinski definition) is 6. The van der Waals surface area contributed by atoms with E-state index < -0.39 is 24.6 Å². The molecule has 0 aliphatic rings. The zero-order valence-electron chi connectivity index (χ0n) is 10.3. The molecule has 0 bridgehead atoms. The normalized spacial score (nSPS) is 12.2. The number of aromatic hydroxyl groups is 1. The van der Waals surface area contributed by atoms with Gasteiger partial charge in [0.2, 0.25) is 0 Å². The Morgan fingerprint density at radius 2 is 2.00 bits per heavy atom. The Morgan fingerprint density at radius 1 is 1.37 bits per heavy atom. The molecule has 7 heteroatoms. The first kappa shape index (κ1) is 14.9. The van der Waals surface area contributed by atoms with Crippen molar-refractivity contribution in [2.24, 2.45) is 0 Å². The lowest BCUT2D eigenvalue weighted by Crippen LogP contribution is -2.44. The Hall–Kier alpha value is -2.12. The van der Waals surface area contributed by atoms with Gasteiger partial charge in [-0.05, 0) is 19.1 Å². The number of carboxylic acid groups (broad SMARTS) is 1. The van der Waals surface area contributed by atoms with E-state index in [2.05, 4.69) is 0 Å². The van der Waals surface area contributed by atoms with Crippen molar-refractivity contribution in [2.45, 2.75) is 13.0 Å². The van der Waals surface area contributed by atoms with Gasteiger partial charge < -0.3 is 20.2 Å². The van der Waals surface area contributed by atoms with Crippen LogP contribution in [-0.4, -0.2) is 51.5 Å². The zero-order valence-corrected chi connectivity index (χ0v) is 10.3. The lowest BCUT2D eigenvalue weighted by atomic mass is 10.2. The van der Waals surface area contributed by atoms with Crippen molar-refractivity contribution < 1.29 is 29.7 Å². The second-order valence-corrected chi connectivity index (χ2v) is 3.67. The zero-order chi connectivity index (χ0) is 14.4. The van der Waals surface area contributed by atoms with E-state index in [9.17, 15) is 14.7 Å². The summed E-state index contributed by atoms with van der Waals surface area (Å²) in [5.74, 6) is -2.46. The van der Waals surface area contributed by atoms with E-state index in [0.717, 1.165) is 5.06 Å². The van der Waals surface area contributed by atoms with E-state index in [0.29, 0.717) is 0 Å². The Labute approximate surface area is 109 Å². The number of para-hydroxylation sites is 1. The molecule has 0 fully saturated rings. The van der Waals surface area contributed by atoms with E-state index in [1.807, 2.05) is 0 Å². The Bertz CT molecular complexity index is 461. The largest absolute Gasteiger partial charge is 0.507 e. The SMILES string of the molecule is CCN(OC(=O)c1ccccc1O)[C@@H](CO)C(=O)O. The van der Waals surface area contributed by atoms with E-state index in [4.69, 9.17) is 15.1 Å². The molecule has 1 rings (SSSR count). The number of aliphatic carboxylic acids is 1. The van der Waals surface area contributed by atoms with Crippen LogP contribution in [0.25, 0.3) is 0 Å². The van der Waals surface area contributed by atoms with Crippen LogP contribution < -0.4 is 0 Å². The van der Waals surface area contributed by atoms with Crippen LogP contribution in [0.4, 0.5) is 0 Å². The van der Waals surface area contributed by atoms with Gasteiger partial charge in [-0.15, -0.1) is 5.06 Å². The number of aliphatic hydroxyl groups excluding tert-OH is 1. The third-order valence-corrected chi connectivity index (χ3v) is 2.44. The third-order valence-electron chi connectivity index (χ3n) is 2.44. The molecular formula is C12H15NO6. The van der Waals surface area contributed by atoms with Crippen LogP contribution in [0.2, 0.25) is 0 Å². The number of benzene rings is 1. The summed E-state index contributed by atoms with van der Waals surface area (Å²) in [7, 11) is 0. The summed E-state index contributed by atoms with van der Waals surface area (Å²) in [6.07, 6.45) is 0. The van der Waals surface area contributed by atoms with Gasteiger partial charge in [-0.25, -0.2) is 4.79 Å². The summed E-state index contributed by atoms with van der Waals surface area (Å²) in [5, 5.41) is 28.2. The van der Waals surface area contributed by atoms with Crippen molar-refractivity contribution in [1.29, 1.82) is 0 Å². The fourth-order valence-electron chi connectivity index (χ4n) is 1.44. The highest BCUT2D eigenvalue weighted by molar-refractivity contribution is 5.92. The van der Waals surface area contributed by atoms with Gasteiger partial charge in [-0.2, -0.15) is 0 Å². The molecule has 0 amide bonds. The predicted octanol–water partition coefficient (Wildman–Crippen LogP) is 0.231. The molecule has 0 radical (unpaired) electrons. The molecule has 0 heterocycles. The fraction of sp³-hybridized carbons (Fsp3) is 0.333. The van der Waals surface area contributed by atoms with E-state index in [1.165, 1.54) is 24.3 Å². The summed E-state index contributed by atoms with van der Waals surface area (Å²) in [4.78, 5) is 27.5. The van der Waals surface area contributed by atoms with Crippen LogP contribution in [0.15, 0.2) is 24.3 Å². The van der Waals surface area contributed by atoms with Crippen LogP contribution in [0.3, 0.4) is 0 Å². The number of carbonyl (C=O) groups is 2. The number of carboxylic acids is 1. The lowest BCUT2D eigenvalue weighted by molar-refractivity contribution is -0.175. The molecule has 0 saturated carbocycles. The van der Waals surface area contributed by atoms with Crippen molar-refractivity contribution in [2.75, 3.05) is 13.2 Å². The summed E-state index contributed by atoms with van der Waals surface area (Å²) < 4.78 is 0. The van der Waals surface area contributed by atoms with E-state index >= 15 is 0 Å². The van der Waals surface area contributed by atoms with E-state index in [-0.39, 0.29) is 17.9 Å². The summed E-state index contributed by atoms with van der Waals surface area (Å²) in [6, 6.07) is 4.39. The standard InChI is InChI=1S/C12H15NO6/c1-2-13(9(7-14)11(16)17)19-12(18)8-5-3-4-6-10(8)15/h3-6,9,14-15H,2,7H2,1H3,(H,16,17)/t9-/m0/s1. The number of phenols is 1. The third kappa shape index (κ3) is 3.67. The molecule has 7 nitrogen and oxygen atoms in total. The maximum atomic E-state index is 11.8. The minimum Gasteiger partial charge on any atom is -0.507 e. The average molecular weight is 269 g/mol. The van der Waals surface area contributed by atoms with Crippen molar-refractivity contribution in [1.82, 2.24) is 5.06 Å². The number of rotatable bonds is 6. The number of likely N-dealkylation sites (N-methyl/N-ethyl adjacent to an activating group) is 1. The fourth-order valence-corrected chi connectivity index (χ4v) is 1.44. The van der Waals surface area contributed by atoms with Crippen LogP contribution in [-0.2, 0) is 9.63 Å². The van der Waals surface area contributed by atoms with Crippen molar-refractivity contribution in [3.8, 4) is 5.75 Å². The van der Waals surface area contributed by atoms with Crippen LogP contribution in [0, 0.1) is 0 Å². The second-order valence-electron chi connectivity index (χ2n) is 3.67. The molecule has 1 atom stereocenters. The average Bonchev–Trinajstić information content (AvgIpc) is 2.38. The first-order valence-corrected chi connectivity index (χ1v) is 5.61. The smallest absolute Gasteiger partial charge is 0.360 e. The highest BCUT2D eigenvalue weighted by atomic mass is 16.7. The number of nitrogens with zero attached hydrogens (tertiary/aromatic N) is 1. The molecule has 19 heavy (non-hydrogen) atoms. The quantitative estimate of drug-likeness (QED) is 0.634. The molecule has 0 aliphatic heterocycles. The summed E-state index contributed by atoms with van der Waals surface area (Å²) in [5.41, 5.74) is -0.0805. The number of hydroxylamine groups is 2. The highest BCUT2D eigenvalue weighted by Crippen LogP contribution is 2.17. The molecule has 0 spiro atoms. The van der Waals surface area contributed by atoms with E-state index in [1.54, 1.807) is 6.92 Å². The summed E-state index contributed by atoms with van der Waals surface area (Å²) >= 11 is 0. The predicted molar refractivity (Wildman–Crippen MR) is 64.4 cm³/mol. The topological polar surface area (TPSA) is 107 Å². The molecule has 0 aromatic heterocycles. The van der Waals surface area contributed by atoms with Gasteiger partial charge in [0.25, 0.3) is 0 Å². The Kier molecular flexibility index (Phi) is 5.28.